The van der Waals surface area contributed by atoms with Crippen molar-refractivity contribution >= 4 is 56.4 Å². The second-order valence-electron chi connectivity index (χ2n) is 15.9. The number of anilines is 2. The monoisotopic (exact) mass is 797 g/mol. The molecule has 1 aliphatic carbocycles. The average molecular weight is 798 g/mol. The van der Waals surface area contributed by atoms with Crippen molar-refractivity contribution in [1.82, 2.24) is 0 Å². The van der Waals surface area contributed by atoms with Gasteiger partial charge in [-0.3, -0.25) is 0 Å². The van der Waals surface area contributed by atoms with Crippen LogP contribution in [0.3, 0.4) is 0 Å². The number of benzene rings is 8. The SMILES string of the molecule is C/C=C(\C=C/Cc1ccc(-c2ccccc2)c(-c2ccccc2)c1)N(c1ccc2c(c1)oc1ccccc12)c1ccccc1-c1cccc2oc3c(c12)C=c1ccccc1=CC3. The number of fused-ring (bicyclic) bond motifs is 7. The minimum absolute atomic E-state index is 0.734. The maximum atomic E-state index is 6.65. The predicted molar refractivity (Wildman–Crippen MR) is 259 cm³/mol. The Morgan fingerprint density at radius 3 is 2.08 bits per heavy atom. The van der Waals surface area contributed by atoms with E-state index >= 15 is 0 Å². The molecule has 10 aromatic rings. The Morgan fingerprint density at radius 1 is 0.548 bits per heavy atom. The van der Waals surface area contributed by atoms with Gasteiger partial charge in [-0.1, -0.05) is 170 Å². The standard InChI is InChI=1S/C59H43NO2/c1-2-45(24-15-17-40-31-34-47(42-19-5-3-6-20-42)52(37-40)43-21-7-4-8-22-43)60(46-33-35-50-49-26-12-14-29-55(49)62-58(50)39-46)54-28-13-11-25-48(54)51-27-16-30-57-59(51)53-38-44-23-10-9-18-41(44)32-36-56(53)61-57/h2-16,18-35,37-39H,17,36H2,1H3/b24-15-,45-2+. The van der Waals surface area contributed by atoms with E-state index in [1.54, 1.807) is 0 Å². The van der Waals surface area contributed by atoms with Crippen LogP contribution in [0, 0.1) is 0 Å². The first kappa shape index (κ1) is 37.1. The molecule has 296 valence electrons. The molecule has 0 saturated carbocycles. The molecular formula is C59H43NO2. The summed E-state index contributed by atoms with van der Waals surface area (Å²) in [5, 5.41) is 5.76. The van der Waals surface area contributed by atoms with Crippen molar-refractivity contribution in [3.63, 3.8) is 0 Å². The van der Waals surface area contributed by atoms with Gasteiger partial charge in [-0.2, -0.15) is 0 Å². The molecule has 8 aromatic carbocycles. The van der Waals surface area contributed by atoms with E-state index in [1.807, 2.05) is 12.1 Å². The molecule has 0 radical (unpaired) electrons. The van der Waals surface area contributed by atoms with Crippen molar-refractivity contribution in [1.29, 1.82) is 0 Å². The van der Waals surface area contributed by atoms with Crippen LogP contribution in [0.25, 0.3) is 78.4 Å². The summed E-state index contributed by atoms with van der Waals surface area (Å²) in [5.41, 5.74) is 15.2. The Morgan fingerprint density at radius 2 is 1.24 bits per heavy atom. The highest BCUT2D eigenvalue weighted by Gasteiger charge is 2.23. The highest BCUT2D eigenvalue weighted by Crippen LogP contribution is 2.44. The summed E-state index contributed by atoms with van der Waals surface area (Å²) in [7, 11) is 0. The van der Waals surface area contributed by atoms with Crippen molar-refractivity contribution < 1.29 is 8.83 Å². The normalized spacial score (nSPS) is 12.6. The van der Waals surface area contributed by atoms with Gasteiger partial charge >= 0.3 is 0 Å². The number of para-hydroxylation sites is 2. The van der Waals surface area contributed by atoms with E-state index < -0.39 is 0 Å². The van der Waals surface area contributed by atoms with Crippen molar-refractivity contribution in [2.24, 2.45) is 0 Å². The first-order chi connectivity index (χ1) is 30.7. The second kappa shape index (κ2) is 15.9. The number of furan rings is 2. The summed E-state index contributed by atoms with van der Waals surface area (Å²) in [6, 6.07) is 66.9. The largest absolute Gasteiger partial charge is 0.460 e. The van der Waals surface area contributed by atoms with Crippen LogP contribution in [-0.4, -0.2) is 0 Å². The molecule has 0 unspecified atom stereocenters. The molecule has 0 saturated heterocycles. The molecule has 1 aliphatic rings. The van der Waals surface area contributed by atoms with Crippen molar-refractivity contribution in [2.75, 3.05) is 4.90 Å². The van der Waals surface area contributed by atoms with Crippen LogP contribution in [0.15, 0.2) is 221 Å². The van der Waals surface area contributed by atoms with Gasteiger partial charge in [0.2, 0.25) is 0 Å². The van der Waals surface area contributed by atoms with Crippen LogP contribution < -0.4 is 15.3 Å². The quantitative estimate of drug-likeness (QED) is 0.136. The molecule has 0 atom stereocenters. The summed E-state index contributed by atoms with van der Waals surface area (Å²) in [6.07, 6.45) is 12.8. The van der Waals surface area contributed by atoms with Crippen molar-refractivity contribution in [3.05, 3.63) is 239 Å². The van der Waals surface area contributed by atoms with Crippen LogP contribution in [-0.2, 0) is 12.8 Å². The van der Waals surface area contributed by atoms with E-state index in [0.717, 1.165) is 85.3 Å². The van der Waals surface area contributed by atoms with Crippen LogP contribution in [0.1, 0.15) is 23.8 Å². The molecule has 0 bridgehead atoms. The molecule has 11 rings (SSSR count). The Kier molecular flexibility index (Phi) is 9.55. The molecule has 3 nitrogen and oxygen atoms in total. The molecule has 2 heterocycles. The molecule has 0 N–H and O–H groups in total. The second-order valence-corrected chi connectivity index (χ2v) is 15.9. The van der Waals surface area contributed by atoms with Gasteiger partial charge in [-0.15, -0.1) is 0 Å². The van der Waals surface area contributed by atoms with E-state index in [4.69, 9.17) is 8.83 Å². The lowest BCUT2D eigenvalue weighted by atomic mass is 9.92. The average Bonchev–Trinajstić information content (AvgIpc) is 3.82. The van der Waals surface area contributed by atoms with E-state index in [-0.39, 0.29) is 0 Å². The van der Waals surface area contributed by atoms with Gasteiger partial charge in [0.25, 0.3) is 0 Å². The third kappa shape index (κ3) is 6.74. The third-order valence-corrected chi connectivity index (χ3v) is 12.1. The smallest absolute Gasteiger partial charge is 0.137 e. The molecular weight excluding hydrogens is 755 g/mol. The summed E-state index contributed by atoms with van der Waals surface area (Å²) in [6.45, 7) is 2.12. The van der Waals surface area contributed by atoms with Crippen LogP contribution in [0.5, 0.6) is 0 Å². The number of hydrogen-bond donors (Lipinski definition) is 0. The number of allylic oxidation sites excluding steroid dienone is 3. The maximum absolute atomic E-state index is 6.65. The molecule has 2 aromatic heterocycles. The topological polar surface area (TPSA) is 29.5 Å². The summed E-state index contributed by atoms with van der Waals surface area (Å²) in [4.78, 5) is 2.37. The molecule has 0 spiro atoms. The zero-order valence-electron chi connectivity index (χ0n) is 34.5. The minimum Gasteiger partial charge on any atom is -0.460 e. The summed E-state index contributed by atoms with van der Waals surface area (Å²) < 4.78 is 13.1. The van der Waals surface area contributed by atoms with Crippen LogP contribution >= 0.6 is 0 Å². The third-order valence-electron chi connectivity index (χ3n) is 12.1. The van der Waals surface area contributed by atoms with Gasteiger partial charge in [0, 0.05) is 51.2 Å². The molecule has 62 heavy (non-hydrogen) atoms. The molecule has 0 amide bonds. The number of hydrogen-bond acceptors (Lipinski definition) is 3. The summed E-state index contributed by atoms with van der Waals surface area (Å²) >= 11 is 0. The fourth-order valence-electron chi connectivity index (χ4n) is 9.17. The number of rotatable bonds is 9. The highest BCUT2D eigenvalue weighted by atomic mass is 16.3. The number of nitrogens with zero attached hydrogens (tertiary/aromatic N) is 1. The molecule has 0 fully saturated rings. The first-order valence-electron chi connectivity index (χ1n) is 21.4. The molecule has 3 heteroatoms. The Balaban J connectivity index is 1.04. The van der Waals surface area contributed by atoms with Gasteiger partial charge in [-0.05, 0) is 99.6 Å². The Labute approximate surface area is 361 Å². The van der Waals surface area contributed by atoms with Gasteiger partial charge in [0.05, 0.1) is 5.69 Å². The fraction of sp³-hybridized carbons (Fsp3) is 0.0508. The predicted octanol–water partition coefficient (Wildman–Crippen LogP) is 14.3. The van der Waals surface area contributed by atoms with Crippen LogP contribution in [0.2, 0.25) is 0 Å². The highest BCUT2D eigenvalue weighted by molar-refractivity contribution is 6.07. The lowest BCUT2D eigenvalue weighted by molar-refractivity contribution is 0.568. The molecule has 0 aliphatic heterocycles. The van der Waals surface area contributed by atoms with Crippen molar-refractivity contribution in [2.45, 2.75) is 19.8 Å². The van der Waals surface area contributed by atoms with E-state index in [9.17, 15) is 0 Å². The van der Waals surface area contributed by atoms with Gasteiger partial charge in [0.1, 0.15) is 22.5 Å². The Hall–Kier alpha value is -7.88. The minimum atomic E-state index is 0.734. The van der Waals surface area contributed by atoms with Gasteiger partial charge in [0.15, 0.2) is 0 Å². The van der Waals surface area contributed by atoms with E-state index in [0.29, 0.717) is 0 Å². The zero-order chi connectivity index (χ0) is 41.4. The summed E-state index contributed by atoms with van der Waals surface area (Å²) in [5.74, 6) is 0.984. The Bertz CT molecular complexity index is 3480. The van der Waals surface area contributed by atoms with E-state index in [1.165, 1.54) is 38.3 Å². The first-order valence-corrected chi connectivity index (χ1v) is 21.4. The fourth-order valence-corrected chi connectivity index (χ4v) is 9.17. The lowest BCUT2D eigenvalue weighted by Gasteiger charge is -2.29. The maximum Gasteiger partial charge on any atom is 0.137 e. The van der Waals surface area contributed by atoms with E-state index in [2.05, 4.69) is 218 Å². The van der Waals surface area contributed by atoms with Crippen molar-refractivity contribution in [3.8, 4) is 33.4 Å². The zero-order valence-corrected chi connectivity index (χ0v) is 34.5. The van der Waals surface area contributed by atoms with Gasteiger partial charge < -0.3 is 13.7 Å². The lowest BCUT2D eigenvalue weighted by Crippen LogP contribution is -2.22. The van der Waals surface area contributed by atoms with Crippen LogP contribution in [0.4, 0.5) is 11.4 Å². The van der Waals surface area contributed by atoms with Gasteiger partial charge in [-0.25, -0.2) is 0 Å².